The lowest BCUT2D eigenvalue weighted by Crippen LogP contribution is -1.92. The van der Waals surface area contributed by atoms with Gasteiger partial charge < -0.3 is 8.97 Å². The number of aromatic nitrogens is 2. The van der Waals surface area contributed by atoms with Crippen molar-refractivity contribution >= 4 is 81.4 Å². The molecule has 0 aliphatic carbocycles. The molecule has 52 heavy (non-hydrogen) atoms. The summed E-state index contributed by atoms with van der Waals surface area (Å²) in [7, 11) is 0. The van der Waals surface area contributed by atoms with Gasteiger partial charge in [-0.15, -0.1) is 0 Å². The van der Waals surface area contributed by atoms with Gasteiger partial charge in [0.05, 0.1) is 27.6 Å². The molecule has 0 unspecified atom stereocenters. The first-order chi connectivity index (χ1) is 25.4. The number of fused-ring (bicyclic) bond motifs is 11. The van der Waals surface area contributed by atoms with E-state index in [2.05, 4.69) is 182 Å². The first kappa shape index (κ1) is 29.6. The predicted octanol–water partition coefficient (Wildman–Crippen LogP) is 14.2. The van der Waals surface area contributed by atoms with E-state index in [4.69, 9.17) is 0 Å². The largest absolute Gasteiger partial charge is 0.309 e. The predicted molar refractivity (Wildman–Crippen MR) is 224 cm³/mol. The van der Waals surface area contributed by atoms with Crippen LogP contribution >= 0.6 is 0 Å². The van der Waals surface area contributed by atoms with Crippen molar-refractivity contribution in [1.82, 2.24) is 8.97 Å². The Morgan fingerprint density at radius 3 is 1.60 bits per heavy atom. The van der Waals surface area contributed by atoms with Gasteiger partial charge in [0.2, 0.25) is 0 Å². The summed E-state index contributed by atoms with van der Waals surface area (Å²) in [5, 5.41) is 13.0. The minimum absolute atomic E-state index is 0.480. The maximum absolute atomic E-state index is 2.55. The van der Waals surface area contributed by atoms with Crippen LogP contribution in [0.25, 0.3) is 98.3 Å². The van der Waals surface area contributed by atoms with Crippen LogP contribution < -0.4 is 0 Å². The van der Waals surface area contributed by atoms with E-state index in [0.717, 1.165) is 0 Å². The number of rotatable bonds is 4. The van der Waals surface area contributed by atoms with E-state index in [-0.39, 0.29) is 0 Å². The molecule has 11 aromatic rings. The molecular weight excluding hydrogens is 629 g/mol. The van der Waals surface area contributed by atoms with E-state index in [9.17, 15) is 0 Å². The van der Waals surface area contributed by atoms with Crippen LogP contribution in [0.1, 0.15) is 50.7 Å². The van der Waals surface area contributed by atoms with Gasteiger partial charge in [0, 0.05) is 38.0 Å². The standard InChI is InChI=1S/C50H38N2/c1-29(2)31-17-19-33-27-47-41(23-35(33)21-31)43-25-37(26-44-42-24-36-22-32(30(3)4)18-20-34(36)28-48(42)52(47)50(43)44)39-14-10-16-46-49(39)40-13-8-9-15-45(40)51(46)38-11-6-5-7-12-38/h5-30H,1-4H3. The minimum Gasteiger partial charge on any atom is -0.309 e. The molecular formula is C50H38N2. The highest BCUT2D eigenvalue weighted by atomic mass is 15.0. The van der Waals surface area contributed by atoms with E-state index >= 15 is 0 Å². The Kier molecular flexibility index (Phi) is 6.09. The van der Waals surface area contributed by atoms with Crippen LogP contribution in [0, 0.1) is 0 Å². The Balaban J connectivity index is 1.29. The Morgan fingerprint density at radius 2 is 0.981 bits per heavy atom. The zero-order chi connectivity index (χ0) is 34.8. The maximum Gasteiger partial charge on any atom is 0.0620 e. The molecule has 248 valence electrons. The number of nitrogens with zero attached hydrogens (tertiary/aromatic N) is 2. The third-order valence-corrected chi connectivity index (χ3v) is 11.7. The lowest BCUT2D eigenvalue weighted by atomic mass is 9.94. The van der Waals surface area contributed by atoms with Crippen molar-refractivity contribution in [1.29, 1.82) is 0 Å². The smallest absolute Gasteiger partial charge is 0.0620 e. The zero-order valence-electron chi connectivity index (χ0n) is 29.9. The fourth-order valence-electron chi connectivity index (χ4n) is 9.06. The summed E-state index contributed by atoms with van der Waals surface area (Å²) >= 11 is 0. The Hall–Kier alpha value is -6.12. The Morgan fingerprint density at radius 1 is 0.404 bits per heavy atom. The zero-order valence-corrected chi connectivity index (χ0v) is 29.9. The fourth-order valence-corrected chi connectivity index (χ4v) is 9.06. The maximum atomic E-state index is 2.55. The monoisotopic (exact) mass is 666 g/mol. The van der Waals surface area contributed by atoms with Crippen LogP contribution in [0.5, 0.6) is 0 Å². The summed E-state index contributed by atoms with van der Waals surface area (Å²) in [4.78, 5) is 0. The minimum atomic E-state index is 0.480. The van der Waals surface area contributed by atoms with E-state index < -0.39 is 0 Å². The fraction of sp³-hybridized carbons (Fsp3) is 0.120. The molecule has 8 aromatic carbocycles. The average molecular weight is 667 g/mol. The summed E-state index contributed by atoms with van der Waals surface area (Å²) in [5.41, 5.74) is 12.8. The van der Waals surface area contributed by atoms with E-state index in [0.29, 0.717) is 11.8 Å². The molecule has 0 aliphatic heterocycles. The highest BCUT2D eigenvalue weighted by Gasteiger charge is 2.22. The van der Waals surface area contributed by atoms with Gasteiger partial charge in [-0.25, -0.2) is 0 Å². The third kappa shape index (κ3) is 4.07. The van der Waals surface area contributed by atoms with Gasteiger partial charge in [0.1, 0.15) is 0 Å². The van der Waals surface area contributed by atoms with Crippen molar-refractivity contribution in [3.05, 3.63) is 157 Å². The van der Waals surface area contributed by atoms with Gasteiger partial charge in [-0.3, -0.25) is 0 Å². The van der Waals surface area contributed by atoms with Crippen LogP contribution in [-0.4, -0.2) is 8.97 Å². The summed E-state index contributed by atoms with van der Waals surface area (Å²) in [6, 6.07) is 55.2. The molecule has 0 bridgehead atoms. The van der Waals surface area contributed by atoms with Crippen molar-refractivity contribution in [3.8, 4) is 16.8 Å². The van der Waals surface area contributed by atoms with E-state index in [1.54, 1.807) is 0 Å². The van der Waals surface area contributed by atoms with Crippen molar-refractivity contribution in [3.63, 3.8) is 0 Å². The second-order valence-corrected chi connectivity index (χ2v) is 15.4. The molecule has 2 heteroatoms. The highest BCUT2D eigenvalue weighted by molar-refractivity contribution is 6.28. The van der Waals surface area contributed by atoms with Crippen LogP contribution in [0.4, 0.5) is 0 Å². The van der Waals surface area contributed by atoms with Crippen LogP contribution in [0.3, 0.4) is 0 Å². The number of benzene rings is 8. The van der Waals surface area contributed by atoms with Crippen molar-refractivity contribution in [2.45, 2.75) is 39.5 Å². The van der Waals surface area contributed by atoms with Crippen LogP contribution in [0.2, 0.25) is 0 Å². The lowest BCUT2D eigenvalue weighted by Gasteiger charge is -2.10. The molecule has 0 saturated heterocycles. The molecule has 0 spiro atoms. The molecule has 0 atom stereocenters. The van der Waals surface area contributed by atoms with Gasteiger partial charge in [0.15, 0.2) is 0 Å². The molecule has 0 aliphatic rings. The number of hydrogen-bond donors (Lipinski definition) is 0. The van der Waals surface area contributed by atoms with Gasteiger partial charge in [0.25, 0.3) is 0 Å². The highest BCUT2D eigenvalue weighted by Crippen LogP contribution is 2.46. The molecule has 3 heterocycles. The molecule has 0 radical (unpaired) electrons. The van der Waals surface area contributed by atoms with Gasteiger partial charge in [-0.2, -0.15) is 0 Å². The topological polar surface area (TPSA) is 9.34 Å². The summed E-state index contributed by atoms with van der Waals surface area (Å²) in [5.74, 6) is 0.960. The quantitative estimate of drug-likeness (QED) is 0.177. The third-order valence-electron chi connectivity index (χ3n) is 11.7. The van der Waals surface area contributed by atoms with Crippen LogP contribution in [0.15, 0.2) is 146 Å². The van der Waals surface area contributed by atoms with Gasteiger partial charge >= 0.3 is 0 Å². The average Bonchev–Trinajstić information content (AvgIpc) is 3.80. The molecule has 11 rings (SSSR count). The molecule has 0 saturated carbocycles. The molecule has 0 fully saturated rings. The lowest BCUT2D eigenvalue weighted by molar-refractivity contribution is 0.869. The molecule has 0 N–H and O–H groups in total. The number of para-hydroxylation sites is 2. The van der Waals surface area contributed by atoms with Crippen molar-refractivity contribution in [2.24, 2.45) is 0 Å². The van der Waals surface area contributed by atoms with Gasteiger partial charge in [-0.1, -0.05) is 113 Å². The first-order valence-corrected chi connectivity index (χ1v) is 18.7. The van der Waals surface area contributed by atoms with Gasteiger partial charge in [-0.05, 0) is 116 Å². The first-order valence-electron chi connectivity index (χ1n) is 18.7. The number of hydrogen-bond acceptors (Lipinski definition) is 0. The Bertz CT molecular complexity index is 3090. The molecule has 3 aromatic heterocycles. The van der Waals surface area contributed by atoms with Crippen molar-refractivity contribution in [2.75, 3.05) is 0 Å². The summed E-state index contributed by atoms with van der Waals surface area (Å²) in [6.45, 7) is 9.12. The molecule has 0 amide bonds. The second kappa shape index (κ2) is 10.7. The van der Waals surface area contributed by atoms with E-state index in [1.165, 1.54) is 109 Å². The van der Waals surface area contributed by atoms with Crippen molar-refractivity contribution < 1.29 is 0 Å². The van der Waals surface area contributed by atoms with Crippen LogP contribution in [-0.2, 0) is 0 Å². The summed E-state index contributed by atoms with van der Waals surface area (Å²) < 4.78 is 4.97. The molecule has 2 nitrogen and oxygen atoms in total. The SMILES string of the molecule is CC(C)c1ccc2cc3c(cc2c1)c1cc(-c2cccc4c2c2ccccc2n4-c2ccccc2)cc2c4cc5cc(C(C)C)ccc5cc4n3c12. The van der Waals surface area contributed by atoms with E-state index in [1.807, 2.05) is 0 Å². The second-order valence-electron chi connectivity index (χ2n) is 15.4. The normalized spacial score (nSPS) is 12.6. The Labute approximate surface area is 302 Å². The summed E-state index contributed by atoms with van der Waals surface area (Å²) in [6.07, 6.45) is 0.